The molecule has 1 aromatic rings. The molecule has 2 rings (SSSR count). The van der Waals surface area contributed by atoms with Crippen LogP contribution in [0.2, 0.25) is 0 Å². The average Bonchev–Trinajstić information content (AvgIpc) is 2.39. The Bertz CT molecular complexity index is 399. The summed E-state index contributed by atoms with van der Waals surface area (Å²) in [5.74, 6) is 0.544. The van der Waals surface area contributed by atoms with E-state index in [1.807, 2.05) is 24.3 Å². The van der Waals surface area contributed by atoms with Crippen LogP contribution in [0.1, 0.15) is 31.4 Å². The molecule has 0 aliphatic carbocycles. The normalized spacial score (nSPS) is 23.4. The van der Waals surface area contributed by atoms with Crippen molar-refractivity contribution in [3.8, 4) is 5.75 Å². The van der Waals surface area contributed by atoms with Crippen molar-refractivity contribution in [2.45, 2.75) is 32.0 Å². The van der Waals surface area contributed by atoms with Crippen molar-refractivity contribution in [2.75, 3.05) is 13.7 Å². The number of ether oxygens (including phenoxy) is 3. The first-order chi connectivity index (χ1) is 8.70. The van der Waals surface area contributed by atoms with Gasteiger partial charge in [-0.15, -0.1) is 0 Å². The van der Waals surface area contributed by atoms with Gasteiger partial charge in [-0.1, -0.05) is 12.1 Å². The molecule has 0 aromatic heterocycles. The van der Waals surface area contributed by atoms with Crippen LogP contribution >= 0.6 is 0 Å². The predicted molar refractivity (Wildman–Crippen MR) is 66.5 cm³/mol. The summed E-state index contributed by atoms with van der Waals surface area (Å²) in [5.41, 5.74) is 1.02. The summed E-state index contributed by atoms with van der Waals surface area (Å²) in [6, 6.07) is 7.67. The fraction of sp³-hybridized carbons (Fsp3) is 0.500. The lowest BCUT2D eigenvalue weighted by Gasteiger charge is -2.31. The summed E-state index contributed by atoms with van der Waals surface area (Å²) in [4.78, 5) is 11.1. The van der Waals surface area contributed by atoms with E-state index in [4.69, 9.17) is 14.2 Å². The second kappa shape index (κ2) is 5.87. The third kappa shape index (κ3) is 3.01. The molecule has 1 fully saturated rings. The molecule has 4 nitrogen and oxygen atoms in total. The van der Waals surface area contributed by atoms with Gasteiger partial charge in [-0.05, 0) is 30.5 Å². The van der Waals surface area contributed by atoms with Gasteiger partial charge < -0.3 is 14.2 Å². The van der Waals surface area contributed by atoms with Crippen molar-refractivity contribution in [1.82, 2.24) is 0 Å². The molecule has 4 heteroatoms. The molecule has 0 N–H and O–H groups in total. The monoisotopic (exact) mass is 250 g/mol. The quantitative estimate of drug-likeness (QED) is 0.773. The zero-order valence-corrected chi connectivity index (χ0v) is 10.7. The molecule has 1 aliphatic rings. The van der Waals surface area contributed by atoms with Crippen LogP contribution < -0.4 is 4.74 Å². The first-order valence-corrected chi connectivity index (χ1v) is 6.13. The third-order valence-electron chi connectivity index (χ3n) is 3.03. The number of carbonyl (C=O) groups is 1. The fourth-order valence-electron chi connectivity index (χ4n) is 2.19. The second-order valence-corrected chi connectivity index (χ2v) is 4.35. The standard InChI is InChI=1S/C14H18O4/c1-10(15)18-13-4-3-9-17-14(13)11-5-7-12(16-2)8-6-11/h5-8,13-14H,3-4,9H2,1-2H3/t13-,14-/m0/s1. The van der Waals surface area contributed by atoms with Gasteiger partial charge in [0.1, 0.15) is 18.0 Å². The van der Waals surface area contributed by atoms with Crippen molar-refractivity contribution < 1.29 is 19.0 Å². The Morgan fingerprint density at radius 1 is 1.33 bits per heavy atom. The van der Waals surface area contributed by atoms with E-state index >= 15 is 0 Å². The molecule has 0 amide bonds. The summed E-state index contributed by atoms with van der Waals surface area (Å²) in [6.45, 7) is 2.13. The molecule has 0 unspecified atom stereocenters. The highest BCUT2D eigenvalue weighted by molar-refractivity contribution is 5.66. The van der Waals surface area contributed by atoms with E-state index in [9.17, 15) is 4.79 Å². The number of benzene rings is 1. The number of carbonyl (C=O) groups excluding carboxylic acids is 1. The number of esters is 1. The Morgan fingerprint density at radius 2 is 2.06 bits per heavy atom. The number of hydrogen-bond donors (Lipinski definition) is 0. The maximum Gasteiger partial charge on any atom is 0.303 e. The molecule has 1 heterocycles. The van der Waals surface area contributed by atoms with E-state index < -0.39 is 0 Å². The van der Waals surface area contributed by atoms with Gasteiger partial charge in [0.25, 0.3) is 0 Å². The van der Waals surface area contributed by atoms with Crippen LogP contribution in [0.5, 0.6) is 5.75 Å². The zero-order valence-electron chi connectivity index (χ0n) is 10.7. The Labute approximate surface area is 107 Å². The maximum absolute atomic E-state index is 11.1. The van der Waals surface area contributed by atoms with Crippen molar-refractivity contribution in [3.05, 3.63) is 29.8 Å². The smallest absolute Gasteiger partial charge is 0.303 e. The molecular weight excluding hydrogens is 232 g/mol. The lowest BCUT2D eigenvalue weighted by atomic mass is 9.98. The molecule has 1 aromatic carbocycles. The van der Waals surface area contributed by atoms with Crippen LogP contribution in [-0.4, -0.2) is 25.8 Å². The van der Waals surface area contributed by atoms with Crippen LogP contribution in [0.25, 0.3) is 0 Å². The lowest BCUT2D eigenvalue weighted by molar-refractivity contribution is -0.161. The van der Waals surface area contributed by atoms with Crippen LogP contribution in [0.3, 0.4) is 0 Å². The van der Waals surface area contributed by atoms with Crippen LogP contribution in [0, 0.1) is 0 Å². The Morgan fingerprint density at radius 3 is 2.67 bits per heavy atom. The summed E-state index contributed by atoms with van der Waals surface area (Å²) in [5, 5.41) is 0. The molecule has 0 saturated carbocycles. The molecule has 1 aliphatic heterocycles. The number of rotatable bonds is 3. The fourth-order valence-corrected chi connectivity index (χ4v) is 2.19. The van der Waals surface area contributed by atoms with Crippen LogP contribution in [-0.2, 0) is 14.3 Å². The lowest BCUT2D eigenvalue weighted by Crippen LogP contribution is -2.31. The largest absolute Gasteiger partial charge is 0.497 e. The first-order valence-electron chi connectivity index (χ1n) is 6.13. The van der Waals surface area contributed by atoms with E-state index in [1.165, 1.54) is 6.92 Å². The molecule has 0 spiro atoms. The van der Waals surface area contributed by atoms with Crippen LogP contribution in [0.4, 0.5) is 0 Å². The van der Waals surface area contributed by atoms with Gasteiger partial charge in [-0.3, -0.25) is 4.79 Å². The Kier molecular flexibility index (Phi) is 4.20. The summed E-state index contributed by atoms with van der Waals surface area (Å²) < 4.78 is 16.2. The number of hydrogen-bond acceptors (Lipinski definition) is 4. The van der Waals surface area contributed by atoms with Crippen LogP contribution in [0.15, 0.2) is 24.3 Å². The minimum absolute atomic E-state index is 0.173. The summed E-state index contributed by atoms with van der Waals surface area (Å²) >= 11 is 0. The van der Waals surface area contributed by atoms with Crippen molar-refractivity contribution in [2.24, 2.45) is 0 Å². The van der Waals surface area contributed by atoms with Gasteiger partial charge >= 0.3 is 5.97 Å². The topological polar surface area (TPSA) is 44.8 Å². The highest BCUT2D eigenvalue weighted by Gasteiger charge is 2.29. The highest BCUT2D eigenvalue weighted by atomic mass is 16.6. The van der Waals surface area contributed by atoms with Gasteiger partial charge in [-0.25, -0.2) is 0 Å². The molecular formula is C14H18O4. The SMILES string of the molecule is COc1ccc([C@@H]2OCCC[C@@H]2OC(C)=O)cc1. The van der Waals surface area contributed by atoms with Crippen molar-refractivity contribution in [1.29, 1.82) is 0 Å². The molecule has 2 atom stereocenters. The van der Waals surface area contributed by atoms with Crippen molar-refractivity contribution in [3.63, 3.8) is 0 Å². The van der Waals surface area contributed by atoms with E-state index in [1.54, 1.807) is 7.11 Å². The highest BCUT2D eigenvalue weighted by Crippen LogP contribution is 2.31. The second-order valence-electron chi connectivity index (χ2n) is 4.35. The molecule has 0 radical (unpaired) electrons. The number of methoxy groups -OCH3 is 1. The molecule has 18 heavy (non-hydrogen) atoms. The molecule has 0 bridgehead atoms. The predicted octanol–water partition coefficient (Wildman–Crippen LogP) is 2.48. The molecule has 1 saturated heterocycles. The summed E-state index contributed by atoms with van der Waals surface area (Å²) in [6.07, 6.45) is 1.40. The van der Waals surface area contributed by atoms with Crippen molar-refractivity contribution >= 4 is 5.97 Å². The van der Waals surface area contributed by atoms with E-state index in [2.05, 4.69) is 0 Å². The Hall–Kier alpha value is -1.55. The third-order valence-corrected chi connectivity index (χ3v) is 3.03. The van der Waals surface area contributed by atoms with Gasteiger partial charge in [-0.2, -0.15) is 0 Å². The van der Waals surface area contributed by atoms with E-state index in [0.29, 0.717) is 6.61 Å². The minimum Gasteiger partial charge on any atom is -0.497 e. The van der Waals surface area contributed by atoms with Gasteiger partial charge in [0.05, 0.1) is 7.11 Å². The first kappa shape index (κ1) is 12.9. The average molecular weight is 250 g/mol. The van der Waals surface area contributed by atoms with Gasteiger partial charge in [0, 0.05) is 13.5 Å². The summed E-state index contributed by atoms with van der Waals surface area (Å²) in [7, 11) is 1.63. The zero-order chi connectivity index (χ0) is 13.0. The maximum atomic E-state index is 11.1. The van der Waals surface area contributed by atoms with E-state index in [0.717, 1.165) is 24.2 Å². The minimum atomic E-state index is -0.260. The van der Waals surface area contributed by atoms with Gasteiger partial charge in [0.2, 0.25) is 0 Å². The Balaban J connectivity index is 2.13. The molecule has 98 valence electrons. The van der Waals surface area contributed by atoms with E-state index in [-0.39, 0.29) is 18.2 Å². The van der Waals surface area contributed by atoms with Gasteiger partial charge in [0.15, 0.2) is 0 Å².